The van der Waals surface area contributed by atoms with Gasteiger partial charge in [-0.1, -0.05) is 6.07 Å². The largest absolute Gasteiger partial charge is 0.496 e. The first-order valence-electron chi connectivity index (χ1n) is 4.78. The van der Waals surface area contributed by atoms with Crippen LogP contribution in [-0.2, 0) is 11.3 Å². The molecule has 1 aromatic carbocycles. The van der Waals surface area contributed by atoms with E-state index in [-0.39, 0.29) is 5.84 Å². The molecule has 0 atom stereocenters. The van der Waals surface area contributed by atoms with Gasteiger partial charge in [-0.05, 0) is 24.6 Å². The molecule has 1 rings (SSSR count). The van der Waals surface area contributed by atoms with E-state index in [4.69, 9.17) is 20.6 Å². The molecule has 0 spiro atoms. The SMILES string of the molecule is CCOCc1ccc(C(=N)N)c(OC)c1. The summed E-state index contributed by atoms with van der Waals surface area (Å²) in [6, 6.07) is 5.50. The van der Waals surface area contributed by atoms with E-state index in [2.05, 4.69) is 0 Å². The smallest absolute Gasteiger partial charge is 0.130 e. The van der Waals surface area contributed by atoms with Gasteiger partial charge in [0.05, 0.1) is 19.3 Å². The zero-order valence-corrected chi connectivity index (χ0v) is 9.04. The van der Waals surface area contributed by atoms with Crippen LogP contribution in [0.15, 0.2) is 18.2 Å². The lowest BCUT2D eigenvalue weighted by Crippen LogP contribution is -2.12. The Kier molecular flexibility index (Phi) is 4.12. The summed E-state index contributed by atoms with van der Waals surface area (Å²) in [6.07, 6.45) is 0. The van der Waals surface area contributed by atoms with Crippen molar-refractivity contribution in [3.05, 3.63) is 29.3 Å². The summed E-state index contributed by atoms with van der Waals surface area (Å²) in [5.74, 6) is 0.620. The Morgan fingerprint density at radius 3 is 2.73 bits per heavy atom. The second kappa shape index (κ2) is 5.36. The average Bonchev–Trinajstić information content (AvgIpc) is 2.25. The number of ether oxygens (including phenoxy) is 2. The maximum Gasteiger partial charge on any atom is 0.130 e. The average molecular weight is 208 g/mol. The highest BCUT2D eigenvalue weighted by atomic mass is 16.5. The monoisotopic (exact) mass is 208 g/mol. The van der Waals surface area contributed by atoms with Gasteiger partial charge in [0.15, 0.2) is 0 Å². The fraction of sp³-hybridized carbons (Fsp3) is 0.364. The summed E-state index contributed by atoms with van der Waals surface area (Å²) in [5.41, 5.74) is 7.03. The third-order valence-corrected chi connectivity index (χ3v) is 2.03. The second-order valence-electron chi connectivity index (χ2n) is 3.09. The Labute approximate surface area is 89.5 Å². The van der Waals surface area contributed by atoms with Crippen LogP contribution in [0.5, 0.6) is 5.75 Å². The van der Waals surface area contributed by atoms with Gasteiger partial charge in [-0.15, -0.1) is 0 Å². The van der Waals surface area contributed by atoms with Gasteiger partial charge >= 0.3 is 0 Å². The standard InChI is InChI=1S/C11H16N2O2/c1-3-15-7-8-4-5-9(11(12)13)10(6-8)14-2/h4-6H,3,7H2,1-2H3,(H3,12,13). The number of nitrogen functional groups attached to an aromatic ring is 1. The van der Waals surface area contributed by atoms with Crippen LogP contribution in [0, 0.1) is 5.41 Å². The van der Waals surface area contributed by atoms with E-state index in [0.29, 0.717) is 24.5 Å². The predicted octanol–water partition coefficient (Wildman–Crippen LogP) is 1.52. The number of methoxy groups -OCH3 is 1. The number of nitrogens with one attached hydrogen (secondary N) is 1. The van der Waals surface area contributed by atoms with Crippen LogP contribution >= 0.6 is 0 Å². The molecule has 15 heavy (non-hydrogen) atoms. The van der Waals surface area contributed by atoms with Crippen molar-refractivity contribution in [2.75, 3.05) is 13.7 Å². The Hall–Kier alpha value is -1.55. The molecule has 0 aliphatic carbocycles. The summed E-state index contributed by atoms with van der Waals surface area (Å²) in [5, 5.41) is 7.35. The van der Waals surface area contributed by atoms with E-state index in [1.807, 2.05) is 19.1 Å². The first-order chi connectivity index (χ1) is 7.19. The fourth-order valence-electron chi connectivity index (χ4n) is 1.27. The number of hydrogen-bond donors (Lipinski definition) is 2. The number of nitrogens with two attached hydrogens (primary N) is 1. The van der Waals surface area contributed by atoms with E-state index in [9.17, 15) is 0 Å². The zero-order valence-electron chi connectivity index (χ0n) is 9.04. The molecule has 4 heteroatoms. The summed E-state index contributed by atoms with van der Waals surface area (Å²) < 4.78 is 10.4. The lowest BCUT2D eigenvalue weighted by Gasteiger charge is -2.09. The van der Waals surface area contributed by atoms with Gasteiger partial charge in [-0.2, -0.15) is 0 Å². The Morgan fingerprint density at radius 2 is 2.20 bits per heavy atom. The number of hydrogen-bond acceptors (Lipinski definition) is 3. The van der Waals surface area contributed by atoms with Gasteiger partial charge in [-0.3, -0.25) is 5.41 Å². The summed E-state index contributed by atoms with van der Waals surface area (Å²) in [4.78, 5) is 0. The van der Waals surface area contributed by atoms with Crippen molar-refractivity contribution in [2.24, 2.45) is 5.73 Å². The van der Waals surface area contributed by atoms with E-state index in [1.54, 1.807) is 13.2 Å². The van der Waals surface area contributed by atoms with E-state index in [1.165, 1.54) is 0 Å². The molecular formula is C11H16N2O2. The predicted molar refractivity (Wildman–Crippen MR) is 59.3 cm³/mol. The molecule has 0 bridgehead atoms. The van der Waals surface area contributed by atoms with Crippen LogP contribution in [0.4, 0.5) is 0 Å². The van der Waals surface area contributed by atoms with Gasteiger partial charge < -0.3 is 15.2 Å². The van der Waals surface area contributed by atoms with Crippen LogP contribution in [0.2, 0.25) is 0 Å². The van der Waals surface area contributed by atoms with Gasteiger partial charge in [0.1, 0.15) is 11.6 Å². The fourth-order valence-corrected chi connectivity index (χ4v) is 1.27. The molecule has 0 heterocycles. The van der Waals surface area contributed by atoms with Crippen molar-refractivity contribution in [2.45, 2.75) is 13.5 Å². The van der Waals surface area contributed by atoms with Crippen LogP contribution in [0.3, 0.4) is 0 Å². The molecular weight excluding hydrogens is 192 g/mol. The molecule has 0 saturated heterocycles. The van der Waals surface area contributed by atoms with Crippen LogP contribution in [-0.4, -0.2) is 19.6 Å². The van der Waals surface area contributed by atoms with E-state index < -0.39 is 0 Å². The molecule has 3 N–H and O–H groups in total. The first-order valence-corrected chi connectivity index (χ1v) is 4.78. The highest BCUT2D eigenvalue weighted by molar-refractivity contribution is 5.97. The summed E-state index contributed by atoms with van der Waals surface area (Å²) in [6.45, 7) is 3.17. The highest BCUT2D eigenvalue weighted by Crippen LogP contribution is 2.20. The molecule has 0 saturated carbocycles. The minimum absolute atomic E-state index is 0.00908. The molecule has 0 aliphatic heterocycles. The van der Waals surface area contributed by atoms with Crippen LogP contribution < -0.4 is 10.5 Å². The van der Waals surface area contributed by atoms with Gasteiger partial charge in [-0.25, -0.2) is 0 Å². The van der Waals surface area contributed by atoms with Gasteiger partial charge in [0.25, 0.3) is 0 Å². The van der Waals surface area contributed by atoms with Crippen molar-refractivity contribution < 1.29 is 9.47 Å². The first kappa shape index (κ1) is 11.5. The van der Waals surface area contributed by atoms with Crippen molar-refractivity contribution in [3.63, 3.8) is 0 Å². The summed E-state index contributed by atoms with van der Waals surface area (Å²) in [7, 11) is 1.56. The molecule has 0 amide bonds. The Balaban J connectivity index is 2.92. The quantitative estimate of drug-likeness (QED) is 0.569. The van der Waals surface area contributed by atoms with E-state index >= 15 is 0 Å². The van der Waals surface area contributed by atoms with Crippen molar-refractivity contribution >= 4 is 5.84 Å². The minimum Gasteiger partial charge on any atom is -0.496 e. The van der Waals surface area contributed by atoms with Crippen molar-refractivity contribution in [3.8, 4) is 5.75 Å². The molecule has 82 valence electrons. The maximum absolute atomic E-state index is 7.35. The lowest BCUT2D eigenvalue weighted by atomic mass is 10.1. The molecule has 1 aromatic rings. The van der Waals surface area contributed by atoms with Crippen molar-refractivity contribution in [1.29, 1.82) is 5.41 Å². The number of benzene rings is 1. The van der Waals surface area contributed by atoms with Crippen LogP contribution in [0.25, 0.3) is 0 Å². The third-order valence-electron chi connectivity index (χ3n) is 2.03. The third kappa shape index (κ3) is 2.95. The molecule has 0 aromatic heterocycles. The number of rotatable bonds is 5. The van der Waals surface area contributed by atoms with Gasteiger partial charge in [0.2, 0.25) is 0 Å². The van der Waals surface area contributed by atoms with E-state index in [0.717, 1.165) is 5.56 Å². The Bertz CT molecular complexity index is 350. The summed E-state index contributed by atoms with van der Waals surface area (Å²) >= 11 is 0. The normalized spacial score (nSPS) is 10.0. The van der Waals surface area contributed by atoms with Crippen LogP contribution in [0.1, 0.15) is 18.1 Å². The molecule has 0 unspecified atom stereocenters. The Morgan fingerprint density at radius 1 is 1.47 bits per heavy atom. The topological polar surface area (TPSA) is 68.3 Å². The molecule has 0 aliphatic rings. The maximum atomic E-state index is 7.35. The zero-order chi connectivity index (χ0) is 11.3. The molecule has 0 fully saturated rings. The minimum atomic E-state index is 0.00908. The molecule has 0 radical (unpaired) electrons. The second-order valence-corrected chi connectivity index (χ2v) is 3.09. The number of amidine groups is 1. The molecule has 4 nitrogen and oxygen atoms in total. The lowest BCUT2D eigenvalue weighted by molar-refractivity contribution is 0.134. The highest BCUT2D eigenvalue weighted by Gasteiger charge is 2.06. The van der Waals surface area contributed by atoms with Crippen molar-refractivity contribution in [1.82, 2.24) is 0 Å². The van der Waals surface area contributed by atoms with Gasteiger partial charge in [0, 0.05) is 6.61 Å².